The van der Waals surface area contributed by atoms with Crippen molar-refractivity contribution < 1.29 is 9.82 Å². The van der Waals surface area contributed by atoms with Crippen LogP contribution >= 0.6 is 27.3 Å². The topological polar surface area (TPSA) is 74.6 Å². The fraction of sp³-hybridized carbons (Fsp3) is 0.312. The molecule has 2 heterocycles. The van der Waals surface area contributed by atoms with Crippen LogP contribution in [0.3, 0.4) is 0 Å². The van der Waals surface area contributed by atoms with Crippen molar-refractivity contribution in [2.24, 2.45) is 0 Å². The Morgan fingerprint density at radius 1 is 1.33 bits per heavy atom. The first-order chi connectivity index (χ1) is 11.6. The van der Waals surface area contributed by atoms with Gasteiger partial charge in [-0.2, -0.15) is 5.26 Å². The van der Waals surface area contributed by atoms with Gasteiger partial charge >= 0.3 is 0 Å². The largest absolute Gasteiger partial charge is 0.359 e. The molecule has 1 aliphatic rings. The van der Waals surface area contributed by atoms with Crippen molar-refractivity contribution in [3.63, 3.8) is 0 Å². The number of nitrogens with one attached hydrogen (secondary N) is 1. The normalized spacial score (nSPS) is 15.2. The van der Waals surface area contributed by atoms with E-state index in [2.05, 4.69) is 39.0 Å². The molecule has 0 amide bonds. The zero-order valence-electron chi connectivity index (χ0n) is 12.9. The SMILES string of the molecule is N#Cc1cc([N+](=O)[O-])ccc1N1CC[NH+](Cc2ccc(Br)s2)CC1. The molecule has 1 saturated heterocycles. The van der Waals surface area contributed by atoms with Gasteiger partial charge in [0.05, 0.1) is 51.0 Å². The summed E-state index contributed by atoms with van der Waals surface area (Å²) in [5, 5.41) is 20.1. The number of benzene rings is 1. The highest BCUT2D eigenvalue weighted by Gasteiger charge is 2.23. The van der Waals surface area contributed by atoms with Gasteiger partial charge in [0.25, 0.3) is 5.69 Å². The van der Waals surface area contributed by atoms with Crippen LogP contribution in [-0.4, -0.2) is 31.1 Å². The van der Waals surface area contributed by atoms with E-state index in [4.69, 9.17) is 0 Å². The Kier molecular flexibility index (Phi) is 5.14. The number of nitro groups is 1. The van der Waals surface area contributed by atoms with Gasteiger partial charge in [-0.15, -0.1) is 11.3 Å². The monoisotopic (exact) mass is 407 g/mol. The van der Waals surface area contributed by atoms with Gasteiger partial charge in [0.1, 0.15) is 12.6 Å². The van der Waals surface area contributed by atoms with Gasteiger partial charge in [-0.05, 0) is 34.1 Å². The molecule has 6 nitrogen and oxygen atoms in total. The average molecular weight is 408 g/mol. The summed E-state index contributed by atoms with van der Waals surface area (Å²) in [5.74, 6) is 0. The van der Waals surface area contributed by atoms with Crippen molar-refractivity contribution in [1.82, 2.24) is 0 Å². The lowest BCUT2D eigenvalue weighted by atomic mass is 10.1. The molecule has 0 spiro atoms. The summed E-state index contributed by atoms with van der Waals surface area (Å²) in [7, 11) is 0. The number of halogens is 1. The Labute approximate surface area is 152 Å². The highest BCUT2D eigenvalue weighted by molar-refractivity contribution is 9.11. The Bertz CT molecular complexity index is 794. The highest BCUT2D eigenvalue weighted by Crippen LogP contribution is 2.25. The summed E-state index contributed by atoms with van der Waals surface area (Å²) >= 11 is 5.26. The van der Waals surface area contributed by atoms with E-state index >= 15 is 0 Å². The maximum absolute atomic E-state index is 10.9. The molecule has 0 atom stereocenters. The second-order valence-corrected chi connectivity index (χ2v) is 8.24. The van der Waals surface area contributed by atoms with Crippen LogP contribution in [0.25, 0.3) is 0 Å². The standard InChI is InChI=1S/C16H15BrN4O2S/c17-16-4-2-14(24-16)11-19-5-7-20(8-6-19)15-3-1-13(21(22)23)9-12(15)10-18/h1-4,9H,5-8,11H2/p+1. The quantitative estimate of drug-likeness (QED) is 0.622. The molecular weight excluding hydrogens is 392 g/mol. The first-order valence-electron chi connectivity index (χ1n) is 7.58. The lowest BCUT2D eigenvalue weighted by Gasteiger charge is -2.33. The van der Waals surface area contributed by atoms with Crippen LogP contribution in [-0.2, 0) is 6.54 Å². The van der Waals surface area contributed by atoms with Crippen LogP contribution in [0.4, 0.5) is 11.4 Å². The molecule has 1 aromatic heterocycles. The Balaban J connectivity index is 1.66. The van der Waals surface area contributed by atoms with E-state index in [-0.39, 0.29) is 5.69 Å². The van der Waals surface area contributed by atoms with E-state index in [1.54, 1.807) is 17.4 Å². The zero-order valence-corrected chi connectivity index (χ0v) is 15.3. The van der Waals surface area contributed by atoms with Gasteiger partial charge in [-0.1, -0.05) is 0 Å². The molecule has 0 radical (unpaired) electrons. The van der Waals surface area contributed by atoms with Gasteiger partial charge in [0.15, 0.2) is 0 Å². The van der Waals surface area contributed by atoms with Crippen LogP contribution in [0.1, 0.15) is 10.4 Å². The Morgan fingerprint density at radius 3 is 2.67 bits per heavy atom. The average Bonchev–Trinajstić information content (AvgIpc) is 3.00. The molecule has 1 aliphatic heterocycles. The Hall–Kier alpha value is -1.95. The molecule has 0 saturated carbocycles. The summed E-state index contributed by atoms with van der Waals surface area (Å²) < 4.78 is 1.15. The number of hydrogen-bond donors (Lipinski definition) is 1. The van der Waals surface area contributed by atoms with Crippen LogP contribution in [0.15, 0.2) is 34.1 Å². The molecule has 3 rings (SSSR count). The number of quaternary nitrogens is 1. The Morgan fingerprint density at radius 2 is 2.08 bits per heavy atom. The zero-order chi connectivity index (χ0) is 17.1. The predicted octanol–water partition coefficient (Wildman–Crippen LogP) is 2.20. The van der Waals surface area contributed by atoms with E-state index in [1.807, 2.05) is 0 Å². The smallest absolute Gasteiger partial charge is 0.270 e. The molecular formula is C16H16BrN4O2S+. The molecule has 1 fully saturated rings. The third-order valence-corrected chi connectivity index (χ3v) is 5.80. The van der Waals surface area contributed by atoms with Crippen LogP contribution in [0.2, 0.25) is 0 Å². The van der Waals surface area contributed by atoms with Gasteiger partial charge in [0.2, 0.25) is 0 Å². The molecule has 24 heavy (non-hydrogen) atoms. The van der Waals surface area contributed by atoms with Gasteiger partial charge in [-0.25, -0.2) is 0 Å². The summed E-state index contributed by atoms with van der Waals surface area (Å²) in [4.78, 5) is 15.4. The number of thiophene rings is 1. The van der Waals surface area contributed by atoms with Crippen molar-refractivity contribution in [3.05, 3.63) is 54.7 Å². The minimum Gasteiger partial charge on any atom is -0.359 e. The summed E-state index contributed by atoms with van der Waals surface area (Å²) in [6, 6.07) is 10.8. The van der Waals surface area contributed by atoms with Crippen LogP contribution in [0.5, 0.6) is 0 Å². The van der Waals surface area contributed by atoms with Crippen LogP contribution < -0.4 is 9.80 Å². The molecule has 0 bridgehead atoms. The van der Waals surface area contributed by atoms with Crippen molar-refractivity contribution in [3.8, 4) is 6.07 Å². The first-order valence-corrected chi connectivity index (χ1v) is 9.19. The van der Waals surface area contributed by atoms with E-state index in [9.17, 15) is 15.4 Å². The molecule has 124 valence electrons. The molecule has 1 aromatic carbocycles. The number of non-ortho nitro benzene ring substituents is 1. The molecule has 8 heteroatoms. The highest BCUT2D eigenvalue weighted by atomic mass is 79.9. The fourth-order valence-electron chi connectivity index (χ4n) is 2.94. The summed E-state index contributed by atoms with van der Waals surface area (Å²) in [5.41, 5.74) is 1.12. The third kappa shape index (κ3) is 3.75. The van der Waals surface area contributed by atoms with E-state index in [0.29, 0.717) is 5.56 Å². The van der Waals surface area contributed by atoms with E-state index in [0.717, 1.165) is 42.2 Å². The minimum absolute atomic E-state index is 0.0390. The van der Waals surface area contributed by atoms with Crippen molar-refractivity contribution in [2.45, 2.75) is 6.54 Å². The van der Waals surface area contributed by atoms with Crippen molar-refractivity contribution in [2.75, 3.05) is 31.1 Å². The fourth-order valence-corrected chi connectivity index (χ4v) is 4.49. The molecule has 2 aromatic rings. The lowest BCUT2D eigenvalue weighted by Crippen LogP contribution is -3.13. The van der Waals surface area contributed by atoms with Gasteiger partial charge < -0.3 is 9.80 Å². The molecule has 1 N–H and O–H groups in total. The summed E-state index contributed by atoms with van der Waals surface area (Å²) in [6.07, 6.45) is 0. The molecule has 0 aliphatic carbocycles. The van der Waals surface area contributed by atoms with Crippen LogP contribution in [0, 0.1) is 21.4 Å². The number of hydrogen-bond acceptors (Lipinski definition) is 5. The summed E-state index contributed by atoms with van der Waals surface area (Å²) in [6.45, 7) is 4.66. The van der Waals surface area contributed by atoms with E-state index < -0.39 is 4.92 Å². The van der Waals surface area contributed by atoms with E-state index in [1.165, 1.54) is 21.9 Å². The second kappa shape index (κ2) is 7.30. The second-order valence-electron chi connectivity index (χ2n) is 5.69. The number of anilines is 1. The predicted molar refractivity (Wildman–Crippen MR) is 96.4 cm³/mol. The molecule has 0 unspecified atom stereocenters. The van der Waals surface area contributed by atoms with Gasteiger partial charge in [0, 0.05) is 12.1 Å². The van der Waals surface area contributed by atoms with Crippen molar-refractivity contribution >= 4 is 38.6 Å². The first kappa shape index (κ1) is 16.9. The third-order valence-electron chi connectivity index (χ3n) is 4.18. The minimum atomic E-state index is -0.466. The number of nitriles is 1. The maximum Gasteiger partial charge on any atom is 0.270 e. The number of nitro benzene ring substituents is 1. The number of nitrogens with zero attached hydrogens (tertiary/aromatic N) is 3. The van der Waals surface area contributed by atoms with Gasteiger partial charge in [-0.3, -0.25) is 10.1 Å². The lowest BCUT2D eigenvalue weighted by molar-refractivity contribution is -0.914. The van der Waals surface area contributed by atoms with Crippen molar-refractivity contribution in [1.29, 1.82) is 5.26 Å². The number of piperazine rings is 1. The maximum atomic E-state index is 10.9. The number of rotatable bonds is 4.